The lowest BCUT2D eigenvalue weighted by molar-refractivity contribution is 0.101. The van der Waals surface area contributed by atoms with Gasteiger partial charge in [0.15, 0.2) is 15.6 Å². The molecule has 1 aromatic carbocycles. The van der Waals surface area contributed by atoms with E-state index in [1.807, 2.05) is 4.90 Å². The lowest BCUT2D eigenvalue weighted by atomic mass is 10.1. The van der Waals surface area contributed by atoms with Gasteiger partial charge in [-0.2, -0.15) is 0 Å². The predicted octanol–water partition coefficient (Wildman–Crippen LogP) is 1.48. The normalized spacial score (nSPS) is 18.9. The molecule has 20 heavy (non-hydrogen) atoms. The average molecular weight is 318 g/mol. The number of hydrogen-bond acceptors (Lipinski definition) is 5. The number of carbonyl (C=O) groups is 1. The fourth-order valence-electron chi connectivity index (χ4n) is 2.19. The lowest BCUT2D eigenvalue weighted by Gasteiger charge is -2.27. The molecule has 0 radical (unpaired) electrons. The standard InChI is InChI=1S/C13H16ClNO4S/c1-9(16)12-7-11(14)6-10(13(12)17)8-15-2-4-20(18,19)5-3-15/h6-7,17H,2-5,8H2,1H3. The third-order valence-corrected chi connectivity index (χ3v) is 5.19. The zero-order valence-corrected chi connectivity index (χ0v) is 12.7. The van der Waals surface area contributed by atoms with Gasteiger partial charge in [-0.25, -0.2) is 8.42 Å². The molecule has 0 spiro atoms. The molecule has 0 unspecified atom stereocenters. The fourth-order valence-corrected chi connectivity index (χ4v) is 3.71. The number of halogens is 1. The molecule has 110 valence electrons. The molecule has 7 heteroatoms. The molecule has 0 bridgehead atoms. The van der Waals surface area contributed by atoms with E-state index in [2.05, 4.69) is 0 Å². The Hall–Kier alpha value is -1.11. The summed E-state index contributed by atoms with van der Waals surface area (Å²) in [6.07, 6.45) is 0. The van der Waals surface area contributed by atoms with Crippen LogP contribution >= 0.6 is 11.6 Å². The number of benzene rings is 1. The van der Waals surface area contributed by atoms with E-state index in [4.69, 9.17) is 11.6 Å². The van der Waals surface area contributed by atoms with Gasteiger partial charge in [-0.15, -0.1) is 0 Å². The summed E-state index contributed by atoms with van der Waals surface area (Å²) in [7, 11) is -2.93. The predicted molar refractivity (Wildman–Crippen MR) is 77.1 cm³/mol. The van der Waals surface area contributed by atoms with E-state index >= 15 is 0 Å². The van der Waals surface area contributed by atoms with Crippen molar-refractivity contribution in [3.8, 4) is 5.75 Å². The van der Waals surface area contributed by atoms with E-state index in [0.29, 0.717) is 30.2 Å². The van der Waals surface area contributed by atoms with Crippen LogP contribution in [0, 0.1) is 0 Å². The number of nitrogens with zero attached hydrogens (tertiary/aromatic N) is 1. The van der Waals surface area contributed by atoms with Crippen LogP contribution in [0.2, 0.25) is 5.02 Å². The second kappa shape index (κ2) is 5.71. The molecule has 1 saturated heterocycles. The Morgan fingerprint density at radius 3 is 2.50 bits per heavy atom. The van der Waals surface area contributed by atoms with E-state index in [1.165, 1.54) is 13.0 Å². The molecule has 0 aliphatic carbocycles. The number of phenolic OH excluding ortho intramolecular Hbond substituents is 1. The maximum absolute atomic E-state index is 11.4. The summed E-state index contributed by atoms with van der Waals surface area (Å²) in [5.41, 5.74) is 0.735. The van der Waals surface area contributed by atoms with Crippen LogP contribution in [0.4, 0.5) is 0 Å². The van der Waals surface area contributed by atoms with Gasteiger partial charge >= 0.3 is 0 Å². The summed E-state index contributed by atoms with van der Waals surface area (Å²) in [5, 5.41) is 10.5. The van der Waals surface area contributed by atoms with Crippen LogP contribution in [0.15, 0.2) is 12.1 Å². The van der Waals surface area contributed by atoms with Gasteiger partial charge in [0.2, 0.25) is 0 Å². The SMILES string of the molecule is CC(=O)c1cc(Cl)cc(CN2CCS(=O)(=O)CC2)c1O. The number of phenols is 1. The van der Waals surface area contributed by atoms with Gasteiger partial charge in [0.05, 0.1) is 17.1 Å². The van der Waals surface area contributed by atoms with Crippen molar-refractivity contribution < 1.29 is 18.3 Å². The van der Waals surface area contributed by atoms with Crippen molar-refractivity contribution in [2.24, 2.45) is 0 Å². The molecular formula is C13H16ClNO4S. The largest absolute Gasteiger partial charge is 0.507 e. The van der Waals surface area contributed by atoms with Crippen molar-refractivity contribution in [2.45, 2.75) is 13.5 Å². The molecule has 1 aromatic rings. The maximum Gasteiger partial charge on any atom is 0.163 e. The summed E-state index contributed by atoms with van der Waals surface area (Å²) >= 11 is 5.95. The van der Waals surface area contributed by atoms with Gasteiger partial charge in [0.25, 0.3) is 0 Å². The third-order valence-electron chi connectivity index (χ3n) is 3.36. The van der Waals surface area contributed by atoms with E-state index in [-0.39, 0.29) is 28.6 Å². The number of ketones is 1. The maximum atomic E-state index is 11.4. The van der Waals surface area contributed by atoms with Crippen LogP contribution in [0.1, 0.15) is 22.8 Å². The van der Waals surface area contributed by atoms with Crippen molar-refractivity contribution >= 4 is 27.2 Å². The molecule has 1 aliphatic heterocycles. The molecule has 0 amide bonds. The van der Waals surface area contributed by atoms with Crippen LogP contribution in [0.3, 0.4) is 0 Å². The highest BCUT2D eigenvalue weighted by Gasteiger charge is 2.23. The number of aromatic hydroxyl groups is 1. The second-order valence-electron chi connectivity index (χ2n) is 4.95. The fraction of sp³-hybridized carbons (Fsp3) is 0.462. The van der Waals surface area contributed by atoms with Gasteiger partial charge in [-0.1, -0.05) is 11.6 Å². The molecule has 5 nitrogen and oxygen atoms in total. The Balaban J connectivity index is 2.20. The zero-order valence-electron chi connectivity index (χ0n) is 11.1. The Labute approximate surface area is 123 Å². The first-order valence-corrected chi connectivity index (χ1v) is 8.43. The van der Waals surface area contributed by atoms with Crippen molar-refractivity contribution in [1.82, 2.24) is 4.90 Å². The van der Waals surface area contributed by atoms with Crippen LogP contribution in [-0.2, 0) is 16.4 Å². The van der Waals surface area contributed by atoms with Crippen molar-refractivity contribution in [3.63, 3.8) is 0 Å². The third kappa shape index (κ3) is 3.50. The number of rotatable bonds is 3. The first-order chi connectivity index (χ1) is 9.28. The summed E-state index contributed by atoms with van der Waals surface area (Å²) in [5.74, 6) is -0.0929. The quantitative estimate of drug-likeness (QED) is 0.855. The summed E-state index contributed by atoms with van der Waals surface area (Å²) < 4.78 is 22.7. The zero-order chi connectivity index (χ0) is 14.9. The topological polar surface area (TPSA) is 74.7 Å². The van der Waals surface area contributed by atoms with E-state index in [9.17, 15) is 18.3 Å². The molecule has 0 saturated carbocycles. The Morgan fingerprint density at radius 1 is 1.35 bits per heavy atom. The molecule has 1 aliphatic rings. The van der Waals surface area contributed by atoms with E-state index in [0.717, 1.165) is 0 Å². The van der Waals surface area contributed by atoms with Crippen LogP contribution in [-0.4, -0.2) is 48.8 Å². The minimum atomic E-state index is -2.93. The summed E-state index contributed by atoms with van der Waals surface area (Å²) in [6.45, 7) is 2.58. The number of Topliss-reactive ketones (excluding diaryl/α,β-unsaturated/α-hetero) is 1. The summed E-state index contributed by atoms with van der Waals surface area (Å²) in [4.78, 5) is 13.4. The molecule has 2 rings (SSSR count). The van der Waals surface area contributed by atoms with Gasteiger partial charge in [-0.05, 0) is 19.1 Å². The van der Waals surface area contributed by atoms with Gasteiger partial charge in [0, 0.05) is 30.2 Å². The highest BCUT2D eigenvalue weighted by molar-refractivity contribution is 7.91. The van der Waals surface area contributed by atoms with Crippen molar-refractivity contribution in [1.29, 1.82) is 0 Å². The molecular weight excluding hydrogens is 302 g/mol. The van der Waals surface area contributed by atoms with Gasteiger partial charge in [0.1, 0.15) is 5.75 Å². The molecule has 0 aromatic heterocycles. The monoisotopic (exact) mass is 317 g/mol. The molecule has 1 N–H and O–H groups in total. The van der Waals surface area contributed by atoms with Crippen LogP contribution in [0.25, 0.3) is 0 Å². The lowest BCUT2D eigenvalue weighted by Crippen LogP contribution is -2.39. The molecule has 1 fully saturated rings. The molecule has 1 heterocycles. The average Bonchev–Trinajstić information content (AvgIpc) is 2.35. The van der Waals surface area contributed by atoms with Crippen LogP contribution < -0.4 is 0 Å². The molecule has 0 atom stereocenters. The van der Waals surface area contributed by atoms with Crippen molar-refractivity contribution in [2.75, 3.05) is 24.6 Å². The van der Waals surface area contributed by atoms with E-state index in [1.54, 1.807) is 6.07 Å². The number of carbonyl (C=O) groups excluding carboxylic acids is 1. The minimum absolute atomic E-state index is 0.0738. The second-order valence-corrected chi connectivity index (χ2v) is 7.69. The first-order valence-electron chi connectivity index (χ1n) is 6.23. The minimum Gasteiger partial charge on any atom is -0.507 e. The highest BCUT2D eigenvalue weighted by atomic mass is 35.5. The smallest absolute Gasteiger partial charge is 0.163 e. The van der Waals surface area contributed by atoms with Gasteiger partial charge < -0.3 is 5.11 Å². The van der Waals surface area contributed by atoms with Crippen LogP contribution in [0.5, 0.6) is 5.75 Å². The Kier molecular flexibility index (Phi) is 4.36. The number of sulfone groups is 1. The first kappa shape index (κ1) is 15.3. The van der Waals surface area contributed by atoms with Gasteiger partial charge in [-0.3, -0.25) is 9.69 Å². The van der Waals surface area contributed by atoms with E-state index < -0.39 is 9.84 Å². The summed E-state index contributed by atoms with van der Waals surface area (Å²) in [6, 6.07) is 3.04. The number of hydrogen-bond donors (Lipinski definition) is 1. The van der Waals surface area contributed by atoms with Crippen molar-refractivity contribution in [3.05, 3.63) is 28.3 Å². The Bertz CT molecular complexity index is 628. The highest BCUT2D eigenvalue weighted by Crippen LogP contribution is 2.29. The Morgan fingerprint density at radius 2 is 1.95 bits per heavy atom.